The molecule has 3 heterocycles. The van der Waals surface area contributed by atoms with E-state index in [0.29, 0.717) is 31.5 Å². The molecule has 1 fully saturated rings. The van der Waals surface area contributed by atoms with Crippen LogP contribution in [0, 0.1) is 6.92 Å². The van der Waals surface area contributed by atoms with Crippen molar-refractivity contribution in [1.29, 1.82) is 0 Å². The van der Waals surface area contributed by atoms with E-state index in [9.17, 15) is 0 Å². The Morgan fingerprint density at radius 3 is 2.76 bits per heavy atom. The van der Waals surface area contributed by atoms with E-state index in [1.165, 1.54) is 0 Å². The molecule has 0 radical (unpaired) electrons. The second-order valence-corrected chi connectivity index (χ2v) is 5.00. The maximum Gasteiger partial charge on any atom is 0.264 e. The molecule has 4 rings (SSSR count). The zero-order valence-corrected chi connectivity index (χ0v) is 11.7. The van der Waals surface area contributed by atoms with Crippen molar-refractivity contribution in [3.05, 3.63) is 36.2 Å². The molecule has 0 spiro atoms. The molecule has 0 atom stereocenters. The highest BCUT2D eigenvalue weighted by Crippen LogP contribution is 2.28. The van der Waals surface area contributed by atoms with E-state index in [4.69, 9.17) is 13.9 Å². The Labute approximate surface area is 121 Å². The number of hydrogen-bond donors (Lipinski definition) is 0. The molecular formula is C15H15N3O3. The lowest BCUT2D eigenvalue weighted by molar-refractivity contribution is -0.0514. The van der Waals surface area contributed by atoms with Crippen molar-refractivity contribution >= 4 is 10.9 Å². The fourth-order valence-electron chi connectivity index (χ4n) is 2.65. The lowest BCUT2D eigenvalue weighted by Gasteiger charge is -2.13. The molecule has 0 amide bonds. The largest absolute Gasteiger partial charge is 0.420 e. The Balaban J connectivity index is 1.84. The predicted octanol–water partition coefficient (Wildman–Crippen LogP) is 2.37. The Hall–Kier alpha value is -2.18. The van der Waals surface area contributed by atoms with E-state index in [1.807, 2.05) is 12.1 Å². The van der Waals surface area contributed by atoms with Crippen molar-refractivity contribution < 1.29 is 13.9 Å². The van der Waals surface area contributed by atoms with Gasteiger partial charge in [0, 0.05) is 17.8 Å². The molecule has 1 saturated heterocycles. The molecule has 6 heteroatoms. The van der Waals surface area contributed by atoms with Crippen LogP contribution in [0.4, 0.5) is 0 Å². The number of rotatable bonds is 3. The number of fused-ring (bicyclic) bond motifs is 1. The van der Waals surface area contributed by atoms with Crippen LogP contribution < -0.4 is 0 Å². The van der Waals surface area contributed by atoms with Crippen LogP contribution in [0.1, 0.15) is 5.89 Å². The summed E-state index contributed by atoms with van der Waals surface area (Å²) in [6.07, 6.45) is -0.233. The van der Waals surface area contributed by atoms with Crippen molar-refractivity contribution in [2.45, 2.75) is 19.8 Å². The van der Waals surface area contributed by atoms with E-state index in [2.05, 4.69) is 33.0 Å². The topological polar surface area (TPSA) is 62.3 Å². The van der Waals surface area contributed by atoms with Crippen LogP contribution >= 0.6 is 0 Å². The first-order valence-electron chi connectivity index (χ1n) is 6.93. The van der Waals surface area contributed by atoms with E-state index in [-0.39, 0.29) is 6.29 Å². The van der Waals surface area contributed by atoms with Gasteiger partial charge >= 0.3 is 0 Å². The molecule has 108 valence electrons. The summed E-state index contributed by atoms with van der Waals surface area (Å²) in [6, 6.07) is 10.2. The Kier molecular flexibility index (Phi) is 2.98. The minimum absolute atomic E-state index is 0.233. The molecular weight excluding hydrogens is 270 g/mol. The summed E-state index contributed by atoms with van der Waals surface area (Å²) in [4.78, 5) is 0. The summed E-state index contributed by atoms with van der Waals surface area (Å²) in [6.45, 7) is 3.66. The van der Waals surface area contributed by atoms with E-state index in [1.54, 1.807) is 6.92 Å². The van der Waals surface area contributed by atoms with Gasteiger partial charge in [-0.3, -0.25) is 0 Å². The molecule has 2 aromatic heterocycles. The van der Waals surface area contributed by atoms with Crippen LogP contribution in [-0.2, 0) is 16.0 Å². The first-order valence-corrected chi connectivity index (χ1v) is 6.93. The molecule has 21 heavy (non-hydrogen) atoms. The van der Waals surface area contributed by atoms with Crippen molar-refractivity contribution in [2.24, 2.45) is 0 Å². The maximum atomic E-state index is 5.58. The third-order valence-electron chi connectivity index (χ3n) is 3.58. The summed E-state index contributed by atoms with van der Waals surface area (Å²) < 4.78 is 18.8. The van der Waals surface area contributed by atoms with Gasteiger partial charge in [0.2, 0.25) is 5.89 Å². The summed E-state index contributed by atoms with van der Waals surface area (Å²) in [5.41, 5.74) is 1.98. The summed E-state index contributed by atoms with van der Waals surface area (Å²) in [5.74, 6) is 1.07. The summed E-state index contributed by atoms with van der Waals surface area (Å²) in [5, 5.41) is 9.17. The van der Waals surface area contributed by atoms with Gasteiger partial charge in [0.25, 0.3) is 5.89 Å². The highest BCUT2D eigenvalue weighted by Gasteiger charge is 2.21. The van der Waals surface area contributed by atoms with Crippen LogP contribution in [0.2, 0.25) is 0 Å². The average Bonchev–Trinajstić information content (AvgIpc) is 3.20. The summed E-state index contributed by atoms with van der Waals surface area (Å²) >= 11 is 0. The first kappa shape index (κ1) is 12.6. The maximum absolute atomic E-state index is 5.58. The highest BCUT2D eigenvalue weighted by molar-refractivity contribution is 5.85. The van der Waals surface area contributed by atoms with Crippen molar-refractivity contribution in [1.82, 2.24) is 14.8 Å². The van der Waals surface area contributed by atoms with Gasteiger partial charge in [0.15, 0.2) is 6.29 Å². The van der Waals surface area contributed by atoms with Crippen LogP contribution in [0.15, 0.2) is 34.7 Å². The van der Waals surface area contributed by atoms with Crippen LogP contribution in [0.25, 0.3) is 22.5 Å². The van der Waals surface area contributed by atoms with Gasteiger partial charge in [-0.2, -0.15) is 0 Å². The number of aryl methyl sites for hydroxylation is 1. The Morgan fingerprint density at radius 2 is 2.00 bits per heavy atom. The van der Waals surface area contributed by atoms with Crippen molar-refractivity contribution in [3.8, 4) is 11.6 Å². The average molecular weight is 285 g/mol. The lowest BCUT2D eigenvalue weighted by atomic mass is 10.2. The molecule has 0 saturated carbocycles. The third-order valence-corrected chi connectivity index (χ3v) is 3.58. The molecule has 0 aliphatic carbocycles. The second kappa shape index (κ2) is 4.98. The van der Waals surface area contributed by atoms with E-state index in [0.717, 1.165) is 16.6 Å². The van der Waals surface area contributed by atoms with Gasteiger partial charge in [0.05, 0.1) is 19.8 Å². The number of aromatic nitrogens is 3. The zero-order valence-electron chi connectivity index (χ0n) is 11.7. The molecule has 6 nitrogen and oxygen atoms in total. The van der Waals surface area contributed by atoms with Gasteiger partial charge in [-0.1, -0.05) is 18.2 Å². The lowest BCUT2D eigenvalue weighted by Crippen LogP contribution is -2.17. The Morgan fingerprint density at radius 1 is 1.19 bits per heavy atom. The summed E-state index contributed by atoms with van der Waals surface area (Å²) in [7, 11) is 0. The molecule has 1 aliphatic heterocycles. The highest BCUT2D eigenvalue weighted by atomic mass is 16.7. The quantitative estimate of drug-likeness (QED) is 0.739. The molecule has 0 N–H and O–H groups in total. The van der Waals surface area contributed by atoms with Crippen molar-refractivity contribution in [2.75, 3.05) is 13.2 Å². The predicted molar refractivity (Wildman–Crippen MR) is 75.7 cm³/mol. The molecule has 1 aliphatic rings. The second-order valence-electron chi connectivity index (χ2n) is 5.00. The SMILES string of the molecule is Cc1nnc(-c2cc3ccccc3n2CC2OCCO2)o1. The third kappa shape index (κ3) is 2.22. The normalized spacial score (nSPS) is 16.0. The van der Waals surface area contributed by atoms with E-state index >= 15 is 0 Å². The molecule has 0 unspecified atom stereocenters. The standard InChI is InChI=1S/C15H15N3O3/c1-10-16-17-15(21-10)13-8-11-4-2-3-5-12(11)18(13)9-14-19-6-7-20-14/h2-5,8,14H,6-7,9H2,1H3. The number of ether oxygens (including phenoxy) is 2. The van der Waals surface area contributed by atoms with Gasteiger partial charge in [-0.05, 0) is 12.1 Å². The first-order chi connectivity index (χ1) is 10.3. The Bertz CT molecular complexity index is 771. The molecule has 1 aromatic carbocycles. The van der Waals surface area contributed by atoms with Gasteiger partial charge in [-0.25, -0.2) is 0 Å². The number of hydrogen-bond acceptors (Lipinski definition) is 5. The zero-order chi connectivity index (χ0) is 14.2. The number of para-hydroxylation sites is 1. The number of benzene rings is 1. The number of nitrogens with zero attached hydrogens (tertiary/aromatic N) is 3. The smallest absolute Gasteiger partial charge is 0.264 e. The van der Waals surface area contributed by atoms with Gasteiger partial charge in [-0.15, -0.1) is 10.2 Å². The van der Waals surface area contributed by atoms with Crippen LogP contribution in [0.3, 0.4) is 0 Å². The van der Waals surface area contributed by atoms with Gasteiger partial charge in [0.1, 0.15) is 5.69 Å². The molecule has 0 bridgehead atoms. The van der Waals surface area contributed by atoms with E-state index < -0.39 is 0 Å². The fourth-order valence-corrected chi connectivity index (χ4v) is 2.65. The minimum atomic E-state index is -0.233. The van der Waals surface area contributed by atoms with Crippen LogP contribution in [-0.4, -0.2) is 34.3 Å². The van der Waals surface area contributed by atoms with Gasteiger partial charge < -0.3 is 18.5 Å². The van der Waals surface area contributed by atoms with Crippen LogP contribution in [0.5, 0.6) is 0 Å². The molecule has 3 aromatic rings. The fraction of sp³-hybridized carbons (Fsp3) is 0.333. The monoisotopic (exact) mass is 285 g/mol. The minimum Gasteiger partial charge on any atom is -0.420 e. The van der Waals surface area contributed by atoms with Crippen molar-refractivity contribution in [3.63, 3.8) is 0 Å².